The average Bonchev–Trinajstić information content (AvgIpc) is 3.36. The summed E-state index contributed by atoms with van der Waals surface area (Å²) in [4.78, 5) is 53.8. The number of halogens is 3. The summed E-state index contributed by atoms with van der Waals surface area (Å²) in [5, 5.41) is 2.56. The van der Waals surface area contributed by atoms with Crippen LogP contribution in [0.4, 0.5) is 18.0 Å². The lowest BCUT2D eigenvalue weighted by molar-refractivity contribution is -0.143. The number of carbonyl (C=O) groups is 4. The predicted molar refractivity (Wildman–Crippen MR) is 129 cm³/mol. The lowest BCUT2D eigenvalue weighted by Crippen LogP contribution is -2.47. The minimum Gasteiger partial charge on any atom is -0.444 e. The normalized spacial score (nSPS) is 22.6. The number of ether oxygens (including phenoxy) is 1. The van der Waals surface area contributed by atoms with Gasteiger partial charge in [-0.15, -0.1) is 0 Å². The van der Waals surface area contributed by atoms with E-state index in [0.29, 0.717) is 44.5 Å². The highest BCUT2D eigenvalue weighted by molar-refractivity contribution is 6.07. The van der Waals surface area contributed by atoms with Crippen LogP contribution in [-0.4, -0.2) is 70.9 Å². The summed E-state index contributed by atoms with van der Waals surface area (Å²) in [5.74, 6) is -4.82. The maximum atomic E-state index is 14.4. The lowest BCUT2D eigenvalue weighted by Gasteiger charge is -2.29. The van der Waals surface area contributed by atoms with E-state index in [2.05, 4.69) is 5.32 Å². The molecule has 1 aromatic carbocycles. The topological polar surface area (TPSA) is 122 Å². The van der Waals surface area contributed by atoms with Crippen LogP contribution in [0.2, 0.25) is 0 Å². The second-order valence-corrected chi connectivity index (χ2v) is 11.5. The Kier molecular flexibility index (Phi) is 7.37. The number of hydrogen-bond acceptors (Lipinski definition) is 5. The van der Waals surface area contributed by atoms with E-state index in [1.807, 2.05) is 0 Å². The summed E-state index contributed by atoms with van der Waals surface area (Å²) in [6, 6.07) is -0.111. The van der Waals surface area contributed by atoms with Crippen LogP contribution in [0.15, 0.2) is 12.1 Å². The first-order chi connectivity index (χ1) is 17.7. The minimum atomic E-state index is -1.34. The maximum Gasteiger partial charge on any atom is 0.407 e. The summed E-state index contributed by atoms with van der Waals surface area (Å²) in [5.41, 5.74) is 3.28. The van der Waals surface area contributed by atoms with Crippen molar-refractivity contribution in [3.05, 3.63) is 35.1 Å². The Bertz CT molecular complexity index is 1150. The number of primary amides is 1. The van der Waals surface area contributed by atoms with Gasteiger partial charge in [0.25, 0.3) is 0 Å². The van der Waals surface area contributed by atoms with Gasteiger partial charge in [-0.2, -0.15) is 0 Å². The van der Waals surface area contributed by atoms with Gasteiger partial charge in [0.05, 0.1) is 6.04 Å². The first kappa shape index (κ1) is 27.7. The number of carbonyl (C=O) groups excluding carboxylic acids is 4. The van der Waals surface area contributed by atoms with Gasteiger partial charge in [-0.1, -0.05) is 0 Å². The molecule has 1 aliphatic carbocycles. The van der Waals surface area contributed by atoms with E-state index in [9.17, 15) is 32.3 Å². The number of hydrogen-bond donors (Lipinski definition) is 2. The van der Waals surface area contributed by atoms with Gasteiger partial charge in [-0.3, -0.25) is 14.4 Å². The third-order valence-corrected chi connectivity index (χ3v) is 7.48. The second-order valence-electron chi connectivity index (χ2n) is 11.5. The largest absolute Gasteiger partial charge is 0.444 e. The average molecular weight is 539 g/mol. The van der Waals surface area contributed by atoms with Crippen molar-refractivity contribution in [2.45, 2.75) is 70.6 Å². The molecular formula is C26H33F3N4O5. The van der Waals surface area contributed by atoms with Crippen molar-refractivity contribution in [1.82, 2.24) is 15.1 Å². The molecule has 2 aliphatic heterocycles. The fourth-order valence-electron chi connectivity index (χ4n) is 5.39. The molecule has 3 aliphatic rings. The van der Waals surface area contributed by atoms with Gasteiger partial charge in [0.1, 0.15) is 16.8 Å². The SMILES string of the molecule is CC(C)(C)OC(=O)N[C@@H](CC(=O)N1CC[C@H]2CN(C(=O)C3(C(N)=O)CC3)C[C@H]21)Cc1cc(F)c(F)cc1F. The highest BCUT2D eigenvalue weighted by Gasteiger charge is 2.59. The molecule has 0 spiro atoms. The lowest BCUT2D eigenvalue weighted by atomic mass is 10.0. The van der Waals surface area contributed by atoms with Crippen molar-refractivity contribution in [1.29, 1.82) is 0 Å². The Hall–Kier alpha value is -3.31. The molecule has 1 aromatic rings. The molecule has 0 unspecified atom stereocenters. The Morgan fingerprint density at radius 3 is 2.37 bits per heavy atom. The number of nitrogens with zero attached hydrogens (tertiary/aromatic N) is 2. The molecule has 38 heavy (non-hydrogen) atoms. The summed E-state index contributed by atoms with van der Waals surface area (Å²) >= 11 is 0. The number of benzene rings is 1. The van der Waals surface area contributed by atoms with E-state index in [-0.39, 0.29) is 48.7 Å². The molecule has 0 bridgehead atoms. The summed E-state index contributed by atoms with van der Waals surface area (Å²) in [6.45, 7) is 6.10. The molecule has 12 heteroatoms. The van der Waals surface area contributed by atoms with Crippen molar-refractivity contribution in [3.63, 3.8) is 0 Å². The second kappa shape index (κ2) is 10.1. The van der Waals surface area contributed by atoms with Gasteiger partial charge >= 0.3 is 6.09 Å². The fourth-order valence-corrected chi connectivity index (χ4v) is 5.39. The third-order valence-electron chi connectivity index (χ3n) is 7.48. The van der Waals surface area contributed by atoms with Crippen LogP contribution < -0.4 is 11.1 Å². The van der Waals surface area contributed by atoms with E-state index >= 15 is 0 Å². The number of nitrogens with one attached hydrogen (secondary N) is 1. The summed E-state index contributed by atoms with van der Waals surface area (Å²) in [7, 11) is 0. The van der Waals surface area contributed by atoms with Gasteiger partial charge < -0.3 is 25.6 Å². The van der Waals surface area contributed by atoms with Crippen molar-refractivity contribution < 1.29 is 37.1 Å². The minimum absolute atomic E-state index is 0.0347. The quantitative estimate of drug-likeness (QED) is 0.408. The zero-order valence-corrected chi connectivity index (χ0v) is 21.7. The molecule has 3 fully saturated rings. The molecule has 0 radical (unpaired) electrons. The maximum absolute atomic E-state index is 14.4. The number of rotatable bonds is 7. The third kappa shape index (κ3) is 5.73. The van der Waals surface area contributed by atoms with Gasteiger partial charge in [0.15, 0.2) is 11.6 Å². The van der Waals surface area contributed by atoms with Crippen LogP contribution >= 0.6 is 0 Å². The monoisotopic (exact) mass is 538 g/mol. The molecule has 2 heterocycles. The van der Waals surface area contributed by atoms with Crippen LogP contribution in [0, 0.1) is 28.8 Å². The number of likely N-dealkylation sites (tertiary alicyclic amines) is 2. The number of nitrogens with two attached hydrogens (primary N) is 1. The zero-order valence-electron chi connectivity index (χ0n) is 21.7. The van der Waals surface area contributed by atoms with E-state index in [1.54, 1.807) is 30.6 Å². The van der Waals surface area contributed by atoms with Crippen molar-refractivity contribution >= 4 is 23.8 Å². The molecule has 0 aromatic heterocycles. The zero-order chi connectivity index (χ0) is 28.0. The fraction of sp³-hybridized carbons (Fsp3) is 0.615. The number of amides is 4. The smallest absolute Gasteiger partial charge is 0.407 e. The predicted octanol–water partition coefficient (Wildman–Crippen LogP) is 2.25. The summed E-state index contributed by atoms with van der Waals surface area (Å²) in [6.07, 6.45) is 0.145. The molecular weight excluding hydrogens is 505 g/mol. The Labute approximate surface area is 218 Å². The molecule has 1 saturated carbocycles. The van der Waals surface area contributed by atoms with Crippen molar-refractivity contribution in [2.75, 3.05) is 19.6 Å². The Balaban J connectivity index is 1.46. The van der Waals surface area contributed by atoms with E-state index in [1.165, 1.54) is 0 Å². The molecule has 4 amide bonds. The molecule has 4 rings (SSSR count). The van der Waals surface area contributed by atoms with Crippen LogP contribution in [0.5, 0.6) is 0 Å². The number of alkyl carbamates (subject to hydrolysis) is 1. The Morgan fingerprint density at radius 2 is 1.76 bits per heavy atom. The van der Waals surface area contributed by atoms with Gasteiger partial charge in [-0.05, 0) is 58.1 Å². The van der Waals surface area contributed by atoms with Crippen molar-refractivity contribution in [2.24, 2.45) is 17.1 Å². The summed E-state index contributed by atoms with van der Waals surface area (Å²) < 4.78 is 46.9. The first-order valence-electron chi connectivity index (χ1n) is 12.7. The molecule has 3 atom stereocenters. The standard InChI is InChI=1S/C26H33F3N4O5/c1-25(2,3)38-24(37)31-16(8-15-9-18(28)19(29)11-17(15)27)10-21(34)33-7-4-14-12-32(13-20(14)33)23(36)26(5-6-26)22(30)35/h9,11,14,16,20H,4-8,10,12-13H2,1-3H3,(H2,30,35)(H,31,37)/t14-,16+,20+/m0/s1. The highest BCUT2D eigenvalue weighted by atomic mass is 19.2. The van der Waals surface area contributed by atoms with Gasteiger partial charge in [0, 0.05) is 44.1 Å². The van der Waals surface area contributed by atoms with E-state index < -0.39 is 46.5 Å². The molecule has 3 N–H and O–H groups in total. The van der Waals surface area contributed by atoms with Crippen molar-refractivity contribution in [3.8, 4) is 0 Å². The van der Waals surface area contributed by atoms with E-state index in [4.69, 9.17) is 10.5 Å². The van der Waals surface area contributed by atoms with E-state index in [0.717, 1.165) is 0 Å². The van der Waals surface area contributed by atoms with Crippen LogP contribution in [0.3, 0.4) is 0 Å². The number of fused-ring (bicyclic) bond motifs is 1. The van der Waals surface area contributed by atoms with Crippen LogP contribution in [0.1, 0.15) is 52.0 Å². The van der Waals surface area contributed by atoms with Gasteiger partial charge in [0.2, 0.25) is 17.7 Å². The first-order valence-corrected chi connectivity index (χ1v) is 12.7. The highest BCUT2D eigenvalue weighted by Crippen LogP contribution is 2.48. The molecule has 208 valence electrons. The van der Waals surface area contributed by atoms with Crippen LogP contribution in [0.25, 0.3) is 0 Å². The Morgan fingerprint density at radius 1 is 1.11 bits per heavy atom. The molecule has 2 saturated heterocycles. The van der Waals surface area contributed by atoms with Gasteiger partial charge in [-0.25, -0.2) is 18.0 Å². The molecule has 9 nitrogen and oxygen atoms in total. The van der Waals surface area contributed by atoms with Crippen LogP contribution in [-0.2, 0) is 25.5 Å².